The largest absolute Gasteiger partial charge is 0.452 e. The van der Waals surface area contributed by atoms with E-state index in [1.54, 1.807) is 12.1 Å². The van der Waals surface area contributed by atoms with Crippen LogP contribution >= 0.6 is 0 Å². The molecule has 7 rings (SSSR count). The van der Waals surface area contributed by atoms with E-state index in [-0.39, 0.29) is 34.4 Å². The number of benzene rings is 1. The van der Waals surface area contributed by atoms with Crippen molar-refractivity contribution in [2.45, 2.75) is 82.1 Å². The van der Waals surface area contributed by atoms with E-state index in [0.717, 1.165) is 37.0 Å². The predicted octanol–water partition coefficient (Wildman–Crippen LogP) is 4.05. The lowest BCUT2D eigenvalue weighted by molar-refractivity contribution is -0.128. The summed E-state index contributed by atoms with van der Waals surface area (Å²) in [6.45, 7) is 2.42. The SMILES string of the molecule is C[C@H](NC(=O)COC(=O)c1ccc2c(c1)S(=O)(=O)N=C1CCCCCN12)C12CC3CC(CC(C3)C1)C2. The molecule has 1 aromatic rings. The number of fused-ring (bicyclic) bond motifs is 3. The highest BCUT2D eigenvalue weighted by atomic mass is 32.2. The summed E-state index contributed by atoms with van der Waals surface area (Å²) in [6, 6.07) is 4.60. The first-order valence-electron chi connectivity index (χ1n) is 13.4. The zero-order chi connectivity index (χ0) is 25.1. The van der Waals surface area contributed by atoms with Crippen molar-refractivity contribution in [2.24, 2.45) is 27.6 Å². The smallest absolute Gasteiger partial charge is 0.338 e. The molecule has 36 heavy (non-hydrogen) atoms. The van der Waals surface area contributed by atoms with E-state index in [1.165, 1.54) is 44.6 Å². The van der Waals surface area contributed by atoms with Crippen molar-refractivity contribution >= 4 is 33.4 Å². The van der Waals surface area contributed by atoms with E-state index in [4.69, 9.17) is 4.74 Å². The Morgan fingerprint density at radius 1 is 1.11 bits per heavy atom. The van der Waals surface area contributed by atoms with Gasteiger partial charge in [-0.3, -0.25) is 4.79 Å². The molecule has 1 aromatic carbocycles. The number of sulfonamides is 1. The molecule has 1 N–H and O–H groups in total. The zero-order valence-electron chi connectivity index (χ0n) is 20.9. The summed E-state index contributed by atoms with van der Waals surface area (Å²) in [6.07, 6.45) is 11.1. The Labute approximate surface area is 212 Å². The molecule has 8 nitrogen and oxygen atoms in total. The Morgan fingerprint density at radius 3 is 2.50 bits per heavy atom. The highest BCUT2D eigenvalue weighted by Crippen LogP contribution is 2.61. The highest BCUT2D eigenvalue weighted by molar-refractivity contribution is 7.90. The third-order valence-corrected chi connectivity index (χ3v) is 10.6. The van der Waals surface area contributed by atoms with Gasteiger partial charge in [0.1, 0.15) is 10.7 Å². The van der Waals surface area contributed by atoms with Gasteiger partial charge in [0, 0.05) is 19.0 Å². The zero-order valence-corrected chi connectivity index (χ0v) is 21.7. The number of nitrogens with one attached hydrogen (secondary N) is 1. The van der Waals surface area contributed by atoms with E-state index >= 15 is 0 Å². The van der Waals surface area contributed by atoms with Crippen LogP contribution in [0.2, 0.25) is 0 Å². The van der Waals surface area contributed by atoms with Gasteiger partial charge in [0.15, 0.2) is 6.61 Å². The number of amides is 1. The number of hydrogen-bond acceptors (Lipinski definition) is 6. The molecular formula is C27H35N3O5S. The van der Waals surface area contributed by atoms with Crippen LogP contribution in [0.25, 0.3) is 0 Å². The minimum atomic E-state index is -3.89. The molecule has 194 valence electrons. The second kappa shape index (κ2) is 8.85. The molecule has 2 heterocycles. The van der Waals surface area contributed by atoms with Gasteiger partial charge in [0.25, 0.3) is 15.9 Å². The first-order chi connectivity index (χ1) is 17.2. The van der Waals surface area contributed by atoms with Gasteiger partial charge in [-0.15, -0.1) is 4.40 Å². The Morgan fingerprint density at radius 2 is 1.81 bits per heavy atom. The Bertz CT molecular complexity index is 1190. The molecule has 0 aromatic heterocycles. The maximum atomic E-state index is 12.8. The number of carbonyl (C=O) groups is 2. The Kier molecular flexibility index (Phi) is 5.89. The van der Waals surface area contributed by atoms with Crippen molar-refractivity contribution in [2.75, 3.05) is 18.1 Å². The topological polar surface area (TPSA) is 105 Å². The van der Waals surface area contributed by atoms with Crippen molar-refractivity contribution in [1.29, 1.82) is 0 Å². The number of hydrogen-bond donors (Lipinski definition) is 1. The van der Waals surface area contributed by atoms with Crippen molar-refractivity contribution in [3.8, 4) is 0 Å². The molecule has 9 heteroatoms. The van der Waals surface area contributed by atoms with Gasteiger partial charge < -0.3 is 15.0 Å². The first-order valence-corrected chi connectivity index (χ1v) is 14.9. The summed E-state index contributed by atoms with van der Waals surface area (Å²) in [4.78, 5) is 27.4. The minimum Gasteiger partial charge on any atom is -0.452 e. The highest BCUT2D eigenvalue weighted by Gasteiger charge is 2.53. The van der Waals surface area contributed by atoms with Gasteiger partial charge in [-0.25, -0.2) is 4.79 Å². The van der Waals surface area contributed by atoms with Crippen molar-refractivity contribution in [3.05, 3.63) is 23.8 Å². The quantitative estimate of drug-likeness (QED) is 0.596. The molecule has 6 aliphatic rings. The van der Waals surface area contributed by atoms with Crippen LogP contribution in [-0.4, -0.2) is 45.3 Å². The number of nitrogens with zero attached hydrogens (tertiary/aromatic N) is 2. The molecule has 5 fully saturated rings. The van der Waals surface area contributed by atoms with Crippen LogP contribution in [0.1, 0.15) is 81.5 Å². The molecule has 0 radical (unpaired) electrons. The molecule has 1 amide bonds. The lowest BCUT2D eigenvalue weighted by Crippen LogP contribution is -2.56. The third-order valence-electron chi connectivity index (χ3n) is 9.30. The van der Waals surface area contributed by atoms with Crippen LogP contribution in [-0.2, 0) is 19.6 Å². The number of esters is 1. The lowest BCUT2D eigenvalue weighted by Gasteiger charge is -2.59. The fourth-order valence-electron chi connectivity index (χ4n) is 7.97. The Balaban J connectivity index is 1.10. The molecule has 1 atom stereocenters. The molecule has 4 bridgehead atoms. The number of amidine groups is 1. The first kappa shape index (κ1) is 23.9. The summed E-state index contributed by atoms with van der Waals surface area (Å²) >= 11 is 0. The molecule has 0 unspecified atom stereocenters. The Hall–Kier alpha value is -2.42. The van der Waals surface area contributed by atoms with Crippen LogP contribution in [0.3, 0.4) is 0 Å². The predicted molar refractivity (Wildman–Crippen MR) is 135 cm³/mol. The van der Waals surface area contributed by atoms with E-state index in [1.807, 2.05) is 4.90 Å². The molecular weight excluding hydrogens is 478 g/mol. The summed E-state index contributed by atoms with van der Waals surface area (Å²) in [5.41, 5.74) is 0.835. The van der Waals surface area contributed by atoms with Crippen molar-refractivity contribution in [3.63, 3.8) is 0 Å². The van der Waals surface area contributed by atoms with E-state index < -0.39 is 16.0 Å². The second-order valence-electron chi connectivity index (χ2n) is 11.8. The van der Waals surface area contributed by atoms with Crippen molar-refractivity contribution in [1.82, 2.24) is 5.32 Å². The third kappa shape index (κ3) is 4.23. The summed E-state index contributed by atoms with van der Waals surface area (Å²) in [5, 5.41) is 3.11. The monoisotopic (exact) mass is 513 g/mol. The summed E-state index contributed by atoms with van der Waals surface area (Å²) in [7, 11) is -3.89. The van der Waals surface area contributed by atoms with Gasteiger partial charge in [-0.2, -0.15) is 8.42 Å². The fraction of sp³-hybridized carbons (Fsp3) is 0.667. The molecule has 4 aliphatic carbocycles. The maximum absolute atomic E-state index is 12.8. The van der Waals surface area contributed by atoms with Gasteiger partial charge in [-0.1, -0.05) is 6.42 Å². The van der Waals surface area contributed by atoms with Crippen LogP contribution in [0.15, 0.2) is 27.5 Å². The lowest BCUT2D eigenvalue weighted by atomic mass is 9.48. The normalized spacial score (nSPS) is 32.5. The van der Waals surface area contributed by atoms with Crippen LogP contribution in [0, 0.1) is 23.2 Å². The van der Waals surface area contributed by atoms with Crippen LogP contribution < -0.4 is 10.2 Å². The van der Waals surface area contributed by atoms with Crippen LogP contribution in [0.5, 0.6) is 0 Å². The van der Waals surface area contributed by atoms with Gasteiger partial charge in [0.2, 0.25) is 0 Å². The van der Waals surface area contributed by atoms with Crippen molar-refractivity contribution < 1.29 is 22.7 Å². The van der Waals surface area contributed by atoms with E-state index in [2.05, 4.69) is 16.6 Å². The summed E-state index contributed by atoms with van der Waals surface area (Å²) < 4.78 is 35.0. The average Bonchev–Trinajstić information content (AvgIpc) is 3.06. The number of anilines is 1. The maximum Gasteiger partial charge on any atom is 0.338 e. The standard InChI is InChI=1S/C27H35N3O5S/c1-17(27-13-18-9-19(14-27)11-20(10-18)15-27)28-25(31)16-35-26(32)21-6-7-22-23(12-21)36(33,34)29-24-5-3-2-4-8-30(22)24/h6-7,12,17-20H,2-5,8-11,13-16H2,1H3,(H,28,31)/t17-,18?,19?,20?,27?/m0/s1. The van der Waals surface area contributed by atoms with E-state index in [0.29, 0.717) is 24.5 Å². The van der Waals surface area contributed by atoms with E-state index in [9.17, 15) is 18.0 Å². The van der Waals surface area contributed by atoms with Gasteiger partial charge >= 0.3 is 5.97 Å². The molecule has 4 saturated carbocycles. The molecule has 0 spiro atoms. The molecule has 2 aliphatic heterocycles. The van der Waals surface area contributed by atoms with Gasteiger partial charge in [0.05, 0.1) is 11.3 Å². The number of ether oxygens (including phenoxy) is 1. The fourth-order valence-corrected chi connectivity index (χ4v) is 9.25. The second-order valence-corrected chi connectivity index (χ2v) is 13.3. The van der Waals surface area contributed by atoms with Crippen LogP contribution in [0.4, 0.5) is 5.69 Å². The summed E-state index contributed by atoms with van der Waals surface area (Å²) in [5.74, 6) is 1.93. The number of rotatable bonds is 5. The minimum absolute atomic E-state index is 0.0162. The average molecular weight is 514 g/mol. The number of carbonyl (C=O) groups excluding carboxylic acids is 2. The van der Waals surface area contributed by atoms with Gasteiger partial charge in [-0.05, 0) is 99.7 Å². The molecule has 1 saturated heterocycles.